The smallest absolute Gasteiger partial charge is 0.239 e. The van der Waals surface area contributed by atoms with Gasteiger partial charge in [-0.1, -0.05) is 18.2 Å². The van der Waals surface area contributed by atoms with Crippen LogP contribution in [0.3, 0.4) is 0 Å². The van der Waals surface area contributed by atoms with Crippen LogP contribution in [-0.4, -0.2) is 42.9 Å². The largest absolute Gasteiger partial charge is 0.345 e. The molecule has 2 amide bonds. The molecule has 104 valence electrons. The van der Waals surface area contributed by atoms with Crippen LogP contribution >= 0.6 is 0 Å². The third-order valence-corrected chi connectivity index (χ3v) is 2.85. The van der Waals surface area contributed by atoms with Crippen molar-refractivity contribution < 1.29 is 9.59 Å². The summed E-state index contributed by atoms with van der Waals surface area (Å²) in [6.45, 7) is 4.43. The molecule has 1 rings (SSSR count). The zero-order chi connectivity index (χ0) is 14.3. The van der Waals surface area contributed by atoms with Crippen molar-refractivity contribution in [2.24, 2.45) is 0 Å². The summed E-state index contributed by atoms with van der Waals surface area (Å²) in [4.78, 5) is 25.1. The van der Waals surface area contributed by atoms with E-state index in [1.807, 2.05) is 37.3 Å². The van der Waals surface area contributed by atoms with E-state index in [1.54, 1.807) is 18.9 Å². The van der Waals surface area contributed by atoms with Crippen molar-refractivity contribution in [1.29, 1.82) is 0 Å². The first-order valence-corrected chi connectivity index (χ1v) is 6.37. The minimum absolute atomic E-state index is 0.0185. The fraction of sp³-hybridized carbons (Fsp3) is 0.429. The fourth-order valence-corrected chi connectivity index (χ4v) is 1.55. The molecule has 0 saturated carbocycles. The third kappa shape index (κ3) is 5.09. The number of hydrogen-bond donors (Lipinski definition) is 2. The predicted molar refractivity (Wildman–Crippen MR) is 75.8 cm³/mol. The second kappa shape index (κ2) is 7.53. The van der Waals surface area contributed by atoms with E-state index in [4.69, 9.17) is 0 Å². The van der Waals surface area contributed by atoms with Crippen molar-refractivity contribution in [2.75, 3.05) is 25.5 Å². The molecule has 0 bridgehead atoms. The fourth-order valence-electron chi connectivity index (χ4n) is 1.55. The van der Waals surface area contributed by atoms with E-state index in [9.17, 15) is 9.59 Å². The Morgan fingerprint density at radius 3 is 2.47 bits per heavy atom. The monoisotopic (exact) mass is 263 g/mol. The second-order valence-electron chi connectivity index (χ2n) is 4.37. The number of nitrogens with one attached hydrogen (secondary N) is 2. The lowest BCUT2D eigenvalue weighted by molar-refractivity contribution is -0.131. The number of hydrogen-bond acceptors (Lipinski definition) is 3. The zero-order valence-electron chi connectivity index (χ0n) is 11.6. The van der Waals surface area contributed by atoms with Gasteiger partial charge in [0, 0.05) is 19.3 Å². The average Bonchev–Trinajstić information content (AvgIpc) is 2.44. The summed E-state index contributed by atoms with van der Waals surface area (Å²) in [5.41, 5.74) is 0.749. The van der Waals surface area contributed by atoms with Crippen LogP contribution in [0.15, 0.2) is 30.3 Å². The van der Waals surface area contributed by atoms with Crippen molar-refractivity contribution in [1.82, 2.24) is 10.2 Å². The van der Waals surface area contributed by atoms with Gasteiger partial charge in [-0.05, 0) is 26.0 Å². The van der Waals surface area contributed by atoms with Crippen LogP contribution < -0.4 is 10.6 Å². The van der Waals surface area contributed by atoms with E-state index in [0.29, 0.717) is 6.54 Å². The molecule has 0 saturated heterocycles. The highest BCUT2D eigenvalue weighted by Crippen LogP contribution is 2.04. The Morgan fingerprint density at radius 2 is 1.89 bits per heavy atom. The molecule has 5 nitrogen and oxygen atoms in total. The highest BCUT2D eigenvalue weighted by molar-refractivity contribution is 5.92. The highest BCUT2D eigenvalue weighted by atomic mass is 16.2. The van der Waals surface area contributed by atoms with Gasteiger partial charge in [0.25, 0.3) is 0 Å². The highest BCUT2D eigenvalue weighted by Gasteiger charge is 2.16. The van der Waals surface area contributed by atoms with Gasteiger partial charge in [-0.2, -0.15) is 0 Å². The van der Waals surface area contributed by atoms with Crippen molar-refractivity contribution in [2.45, 2.75) is 19.9 Å². The van der Waals surface area contributed by atoms with E-state index >= 15 is 0 Å². The zero-order valence-corrected chi connectivity index (χ0v) is 11.6. The summed E-state index contributed by atoms with van der Waals surface area (Å²) in [7, 11) is 1.74. The van der Waals surface area contributed by atoms with Gasteiger partial charge in [0.15, 0.2) is 0 Å². The maximum absolute atomic E-state index is 11.8. The Balaban J connectivity index is 2.36. The molecule has 0 aliphatic carbocycles. The number of benzene rings is 1. The lowest BCUT2D eigenvalue weighted by Crippen LogP contribution is -2.45. The molecule has 1 aromatic carbocycles. The minimum Gasteiger partial charge on any atom is -0.345 e. The average molecular weight is 263 g/mol. The molecule has 0 aliphatic rings. The summed E-state index contributed by atoms with van der Waals surface area (Å²) < 4.78 is 0. The third-order valence-electron chi connectivity index (χ3n) is 2.85. The van der Waals surface area contributed by atoms with Crippen LogP contribution in [0.1, 0.15) is 13.8 Å². The van der Waals surface area contributed by atoms with Gasteiger partial charge in [-0.15, -0.1) is 0 Å². The lowest BCUT2D eigenvalue weighted by Gasteiger charge is -2.20. The van der Waals surface area contributed by atoms with Crippen LogP contribution in [0, 0.1) is 0 Å². The van der Waals surface area contributed by atoms with Crippen LogP contribution in [-0.2, 0) is 9.59 Å². The Hall–Kier alpha value is -1.88. The normalized spacial score (nSPS) is 11.7. The molecular weight excluding hydrogens is 242 g/mol. The number of likely N-dealkylation sites (N-methyl/N-ethyl adjacent to an activating group) is 1. The maximum Gasteiger partial charge on any atom is 0.239 e. The molecule has 2 N–H and O–H groups in total. The van der Waals surface area contributed by atoms with Crippen LogP contribution in [0.5, 0.6) is 0 Å². The first-order chi connectivity index (χ1) is 9.04. The molecule has 1 unspecified atom stereocenters. The van der Waals surface area contributed by atoms with Gasteiger partial charge in [-0.25, -0.2) is 0 Å². The number of amides is 2. The molecule has 5 heteroatoms. The first-order valence-electron chi connectivity index (χ1n) is 6.37. The number of carbonyl (C=O) groups excluding carboxylic acids is 2. The van der Waals surface area contributed by atoms with Gasteiger partial charge in [0.1, 0.15) is 0 Å². The van der Waals surface area contributed by atoms with Gasteiger partial charge in [0.2, 0.25) is 11.8 Å². The molecule has 0 aliphatic heterocycles. The number of anilines is 1. The van der Waals surface area contributed by atoms with Gasteiger partial charge < -0.3 is 10.2 Å². The molecule has 19 heavy (non-hydrogen) atoms. The van der Waals surface area contributed by atoms with Crippen molar-refractivity contribution in [3.8, 4) is 0 Å². The second-order valence-corrected chi connectivity index (χ2v) is 4.37. The first kappa shape index (κ1) is 15.2. The van der Waals surface area contributed by atoms with E-state index in [2.05, 4.69) is 10.6 Å². The Labute approximate surface area is 114 Å². The van der Waals surface area contributed by atoms with Crippen LogP contribution in [0.4, 0.5) is 5.69 Å². The summed E-state index contributed by atoms with van der Waals surface area (Å²) in [5, 5.41) is 5.67. The number of para-hydroxylation sites is 1. The quantitative estimate of drug-likeness (QED) is 0.807. The Morgan fingerprint density at radius 1 is 1.26 bits per heavy atom. The topological polar surface area (TPSA) is 61.4 Å². The number of rotatable bonds is 6. The number of nitrogens with zero attached hydrogens (tertiary/aromatic N) is 1. The Bertz CT molecular complexity index is 420. The Kier molecular flexibility index (Phi) is 6.02. The van der Waals surface area contributed by atoms with E-state index in [1.165, 1.54) is 0 Å². The molecule has 0 radical (unpaired) electrons. The molecule has 1 aromatic rings. The molecular formula is C14H21N3O2. The van der Waals surface area contributed by atoms with E-state index in [0.717, 1.165) is 5.69 Å². The molecule has 0 heterocycles. The van der Waals surface area contributed by atoms with E-state index < -0.39 is 0 Å². The predicted octanol–water partition coefficient (Wildman–Crippen LogP) is 1.08. The molecule has 0 fully saturated rings. The van der Waals surface area contributed by atoms with Crippen LogP contribution in [0.2, 0.25) is 0 Å². The van der Waals surface area contributed by atoms with Gasteiger partial charge >= 0.3 is 0 Å². The summed E-state index contributed by atoms with van der Waals surface area (Å²) in [6, 6.07) is 8.85. The van der Waals surface area contributed by atoms with Crippen molar-refractivity contribution >= 4 is 17.5 Å². The maximum atomic E-state index is 11.8. The van der Waals surface area contributed by atoms with Crippen molar-refractivity contribution in [3.05, 3.63) is 30.3 Å². The molecule has 0 aromatic heterocycles. The summed E-state index contributed by atoms with van der Waals surface area (Å²) in [6.07, 6.45) is 0. The SMILES string of the molecule is CCN(C)C(=O)C(C)NCC(=O)Nc1ccccc1. The van der Waals surface area contributed by atoms with Crippen LogP contribution in [0.25, 0.3) is 0 Å². The van der Waals surface area contributed by atoms with Crippen molar-refractivity contribution in [3.63, 3.8) is 0 Å². The molecule has 0 spiro atoms. The summed E-state index contributed by atoms with van der Waals surface area (Å²) >= 11 is 0. The van der Waals surface area contributed by atoms with E-state index in [-0.39, 0.29) is 24.4 Å². The van der Waals surface area contributed by atoms with Gasteiger partial charge in [0.05, 0.1) is 12.6 Å². The van der Waals surface area contributed by atoms with Gasteiger partial charge in [-0.3, -0.25) is 14.9 Å². The summed E-state index contributed by atoms with van der Waals surface area (Å²) in [5.74, 6) is -0.181. The minimum atomic E-state index is -0.369. The molecule has 1 atom stereocenters. The lowest BCUT2D eigenvalue weighted by atomic mass is 10.3. The number of carbonyl (C=O) groups is 2. The standard InChI is InChI=1S/C14H21N3O2/c1-4-17(3)14(19)11(2)15-10-13(18)16-12-8-6-5-7-9-12/h5-9,11,15H,4,10H2,1-3H3,(H,16,18).